The van der Waals surface area contributed by atoms with Gasteiger partial charge in [0.2, 0.25) is 0 Å². The minimum Gasteiger partial charge on any atom is -0.303 e. The lowest BCUT2D eigenvalue weighted by atomic mass is 9.90. The van der Waals surface area contributed by atoms with E-state index in [0.29, 0.717) is 5.41 Å². The van der Waals surface area contributed by atoms with E-state index in [9.17, 15) is 0 Å². The van der Waals surface area contributed by atoms with Gasteiger partial charge in [0.15, 0.2) is 0 Å². The molecule has 0 saturated heterocycles. The predicted molar refractivity (Wildman–Crippen MR) is 70.3 cm³/mol. The zero-order chi connectivity index (χ0) is 11.9. The van der Waals surface area contributed by atoms with E-state index in [0.717, 1.165) is 5.92 Å². The highest BCUT2D eigenvalue weighted by Crippen LogP contribution is 2.21. The summed E-state index contributed by atoms with van der Waals surface area (Å²) in [6.45, 7) is 17.6. The Labute approximate surface area is 97.2 Å². The average molecular weight is 213 g/mol. The summed E-state index contributed by atoms with van der Waals surface area (Å²) >= 11 is 0. The van der Waals surface area contributed by atoms with Crippen molar-refractivity contribution in [3.63, 3.8) is 0 Å². The minimum absolute atomic E-state index is 0.509. The summed E-state index contributed by atoms with van der Waals surface area (Å²) in [6.07, 6.45) is 4.09. The van der Waals surface area contributed by atoms with Crippen molar-refractivity contribution in [2.45, 2.75) is 60.8 Å². The Morgan fingerprint density at radius 3 is 2.07 bits per heavy atom. The molecule has 0 aromatic rings. The molecule has 0 radical (unpaired) electrons. The summed E-state index contributed by atoms with van der Waals surface area (Å²) < 4.78 is 0. The second-order valence-electron chi connectivity index (χ2n) is 6.30. The number of unbranched alkanes of at least 4 members (excludes halogenated alkanes) is 1. The van der Waals surface area contributed by atoms with Gasteiger partial charge in [0.1, 0.15) is 0 Å². The van der Waals surface area contributed by atoms with Crippen LogP contribution < -0.4 is 0 Å². The third-order valence-electron chi connectivity index (χ3n) is 2.72. The lowest BCUT2D eigenvalue weighted by Crippen LogP contribution is -2.28. The Morgan fingerprint density at radius 1 is 1.07 bits per heavy atom. The number of rotatable bonds is 7. The van der Waals surface area contributed by atoms with E-state index < -0.39 is 0 Å². The molecule has 0 aliphatic heterocycles. The largest absolute Gasteiger partial charge is 0.303 e. The predicted octanol–water partition coefficient (Wildman–Crippen LogP) is 4.18. The second kappa shape index (κ2) is 7.27. The van der Waals surface area contributed by atoms with Crippen molar-refractivity contribution in [3.8, 4) is 0 Å². The molecule has 0 atom stereocenters. The Bertz CT molecular complexity index is 144. The third-order valence-corrected chi connectivity index (χ3v) is 2.72. The smallest absolute Gasteiger partial charge is 0.000427 e. The van der Waals surface area contributed by atoms with Gasteiger partial charge < -0.3 is 4.90 Å². The normalized spacial score (nSPS) is 12.8. The first-order valence-electron chi connectivity index (χ1n) is 6.57. The van der Waals surface area contributed by atoms with Gasteiger partial charge in [-0.2, -0.15) is 0 Å². The molecule has 0 fully saturated rings. The second-order valence-corrected chi connectivity index (χ2v) is 6.30. The highest BCUT2D eigenvalue weighted by atomic mass is 15.1. The quantitative estimate of drug-likeness (QED) is 0.573. The maximum atomic E-state index is 2.58. The van der Waals surface area contributed by atoms with Gasteiger partial charge >= 0.3 is 0 Å². The highest BCUT2D eigenvalue weighted by molar-refractivity contribution is 4.63. The molecule has 0 aliphatic rings. The standard InChI is InChI=1S/C14H31N/c1-7-15(12-13(2)3)11-9-8-10-14(4,5)6/h13H,7-12H2,1-6H3. The molecule has 1 nitrogen and oxygen atoms in total. The van der Waals surface area contributed by atoms with Crippen molar-refractivity contribution in [2.24, 2.45) is 11.3 Å². The first kappa shape index (κ1) is 15.0. The van der Waals surface area contributed by atoms with Gasteiger partial charge in [0.25, 0.3) is 0 Å². The van der Waals surface area contributed by atoms with Crippen LogP contribution in [0.25, 0.3) is 0 Å². The van der Waals surface area contributed by atoms with E-state index in [2.05, 4.69) is 46.4 Å². The van der Waals surface area contributed by atoms with Gasteiger partial charge in [-0.1, -0.05) is 48.0 Å². The van der Waals surface area contributed by atoms with E-state index >= 15 is 0 Å². The zero-order valence-corrected chi connectivity index (χ0v) is 11.8. The highest BCUT2D eigenvalue weighted by Gasteiger charge is 2.10. The molecule has 0 bridgehead atoms. The van der Waals surface area contributed by atoms with Crippen LogP contribution in [0.5, 0.6) is 0 Å². The molecule has 0 aromatic carbocycles. The molecule has 1 heteroatoms. The molecule has 0 amide bonds. The topological polar surface area (TPSA) is 3.24 Å². The fourth-order valence-corrected chi connectivity index (χ4v) is 1.89. The Hall–Kier alpha value is -0.0400. The van der Waals surface area contributed by atoms with Crippen molar-refractivity contribution in [1.29, 1.82) is 0 Å². The van der Waals surface area contributed by atoms with Gasteiger partial charge in [-0.05, 0) is 37.3 Å². The summed E-state index contributed by atoms with van der Waals surface area (Å²) in [5.74, 6) is 0.799. The lowest BCUT2D eigenvalue weighted by Gasteiger charge is -2.23. The molecule has 92 valence electrons. The molecule has 0 spiro atoms. The Balaban J connectivity index is 3.55. The molecular weight excluding hydrogens is 182 g/mol. The first-order chi connectivity index (χ1) is 6.85. The van der Waals surface area contributed by atoms with Crippen LogP contribution in [0.2, 0.25) is 0 Å². The van der Waals surface area contributed by atoms with Crippen LogP contribution in [0, 0.1) is 11.3 Å². The van der Waals surface area contributed by atoms with Crippen LogP contribution in [0.4, 0.5) is 0 Å². The molecule has 0 heterocycles. The molecule has 0 aromatic heterocycles. The summed E-state index contributed by atoms with van der Waals surface area (Å²) in [5.41, 5.74) is 0.509. The maximum absolute atomic E-state index is 2.58. The van der Waals surface area contributed by atoms with Gasteiger partial charge in [-0.25, -0.2) is 0 Å². The van der Waals surface area contributed by atoms with Gasteiger partial charge in [-0.15, -0.1) is 0 Å². The van der Waals surface area contributed by atoms with Gasteiger partial charge in [0.05, 0.1) is 0 Å². The molecule has 0 unspecified atom stereocenters. The van der Waals surface area contributed by atoms with Crippen molar-refractivity contribution in [1.82, 2.24) is 4.90 Å². The SMILES string of the molecule is CCN(CCCCC(C)(C)C)CC(C)C. The lowest BCUT2D eigenvalue weighted by molar-refractivity contribution is 0.244. The van der Waals surface area contributed by atoms with Crippen LogP contribution in [-0.4, -0.2) is 24.5 Å². The zero-order valence-electron chi connectivity index (χ0n) is 11.8. The van der Waals surface area contributed by atoms with E-state index in [1.807, 2.05) is 0 Å². The first-order valence-corrected chi connectivity index (χ1v) is 6.57. The molecule has 0 saturated carbocycles. The fourth-order valence-electron chi connectivity index (χ4n) is 1.89. The van der Waals surface area contributed by atoms with Crippen LogP contribution in [0.1, 0.15) is 60.8 Å². The molecule has 15 heavy (non-hydrogen) atoms. The third kappa shape index (κ3) is 10.2. The van der Waals surface area contributed by atoms with Crippen molar-refractivity contribution in [3.05, 3.63) is 0 Å². The number of hydrogen-bond acceptors (Lipinski definition) is 1. The summed E-state index contributed by atoms with van der Waals surface area (Å²) in [4.78, 5) is 2.58. The van der Waals surface area contributed by atoms with Gasteiger partial charge in [0, 0.05) is 6.54 Å². The monoisotopic (exact) mass is 213 g/mol. The van der Waals surface area contributed by atoms with E-state index in [1.54, 1.807) is 0 Å². The average Bonchev–Trinajstić information content (AvgIpc) is 2.08. The fraction of sp³-hybridized carbons (Fsp3) is 1.00. The van der Waals surface area contributed by atoms with Gasteiger partial charge in [-0.3, -0.25) is 0 Å². The number of hydrogen-bond donors (Lipinski definition) is 0. The van der Waals surface area contributed by atoms with Crippen LogP contribution in [0.15, 0.2) is 0 Å². The van der Waals surface area contributed by atoms with E-state index in [4.69, 9.17) is 0 Å². The van der Waals surface area contributed by atoms with Crippen LogP contribution in [-0.2, 0) is 0 Å². The summed E-state index contributed by atoms with van der Waals surface area (Å²) in [6, 6.07) is 0. The Morgan fingerprint density at radius 2 is 1.67 bits per heavy atom. The van der Waals surface area contributed by atoms with E-state index in [-0.39, 0.29) is 0 Å². The van der Waals surface area contributed by atoms with Crippen molar-refractivity contribution in [2.75, 3.05) is 19.6 Å². The van der Waals surface area contributed by atoms with E-state index in [1.165, 1.54) is 38.9 Å². The van der Waals surface area contributed by atoms with Crippen LogP contribution in [0.3, 0.4) is 0 Å². The molecule has 0 N–H and O–H groups in total. The minimum atomic E-state index is 0.509. The summed E-state index contributed by atoms with van der Waals surface area (Å²) in [7, 11) is 0. The molecule has 0 rings (SSSR count). The maximum Gasteiger partial charge on any atom is 0.000427 e. The van der Waals surface area contributed by atoms with Crippen molar-refractivity contribution < 1.29 is 0 Å². The Kier molecular flexibility index (Phi) is 7.25. The van der Waals surface area contributed by atoms with Crippen molar-refractivity contribution >= 4 is 0 Å². The number of nitrogens with zero attached hydrogens (tertiary/aromatic N) is 1. The van der Waals surface area contributed by atoms with Crippen LogP contribution >= 0.6 is 0 Å². The molecular formula is C14H31N. The summed E-state index contributed by atoms with van der Waals surface area (Å²) in [5, 5.41) is 0. The molecule has 0 aliphatic carbocycles.